The molecule has 20 heavy (non-hydrogen) atoms. The Morgan fingerprint density at radius 2 is 1.50 bits per heavy atom. The molecule has 1 saturated heterocycles. The number of carbonyl (C=O) groups is 3. The third-order valence-corrected chi connectivity index (χ3v) is 3.58. The van der Waals surface area contributed by atoms with Gasteiger partial charge in [0.2, 0.25) is 0 Å². The SMILES string of the molecule is CC1(C)NC(C(=O)O)CS1.O=C(O)[C@H](O)[C@@H](O)C(=O)O. The maximum Gasteiger partial charge on any atom is 0.335 e. The molecule has 0 aromatic heterocycles. The molecule has 0 aliphatic carbocycles. The largest absolute Gasteiger partial charge is 0.480 e. The monoisotopic (exact) mass is 311 g/mol. The number of carboxylic acids is 3. The van der Waals surface area contributed by atoms with Gasteiger partial charge in [-0.25, -0.2) is 9.59 Å². The van der Waals surface area contributed by atoms with Crippen molar-refractivity contribution >= 4 is 29.7 Å². The molecular formula is C10H17NO8S. The van der Waals surface area contributed by atoms with Crippen molar-refractivity contribution < 1.29 is 39.9 Å². The van der Waals surface area contributed by atoms with Gasteiger partial charge >= 0.3 is 17.9 Å². The fourth-order valence-corrected chi connectivity index (χ4v) is 2.23. The van der Waals surface area contributed by atoms with Crippen LogP contribution in [0, 0.1) is 0 Å². The first-order chi connectivity index (χ1) is 8.98. The van der Waals surface area contributed by atoms with Gasteiger partial charge in [0.25, 0.3) is 0 Å². The van der Waals surface area contributed by atoms with Gasteiger partial charge < -0.3 is 25.5 Å². The van der Waals surface area contributed by atoms with Crippen LogP contribution in [0.15, 0.2) is 0 Å². The van der Waals surface area contributed by atoms with Gasteiger partial charge in [-0.2, -0.15) is 0 Å². The minimum Gasteiger partial charge on any atom is -0.480 e. The number of aliphatic hydroxyl groups excluding tert-OH is 2. The molecule has 1 unspecified atom stereocenters. The van der Waals surface area contributed by atoms with E-state index in [0.29, 0.717) is 5.75 Å². The summed E-state index contributed by atoms with van der Waals surface area (Å²) in [6, 6.07) is -0.361. The van der Waals surface area contributed by atoms with Crippen LogP contribution in [0.4, 0.5) is 0 Å². The van der Waals surface area contributed by atoms with Crippen molar-refractivity contribution in [2.45, 2.75) is 37.0 Å². The average molecular weight is 311 g/mol. The Balaban J connectivity index is 0.000000361. The van der Waals surface area contributed by atoms with Crippen LogP contribution < -0.4 is 5.32 Å². The Morgan fingerprint density at radius 3 is 1.65 bits per heavy atom. The second kappa shape index (κ2) is 7.43. The fourth-order valence-electron chi connectivity index (χ4n) is 1.20. The molecule has 6 N–H and O–H groups in total. The van der Waals surface area contributed by atoms with E-state index >= 15 is 0 Å². The summed E-state index contributed by atoms with van der Waals surface area (Å²) in [4.78, 5) is 29.9. The van der Waals surface area contributed by atoms with Crippen LogP contribution in [0.2, 0.25) is 0 Å². The molecule has 0 spiro atoms. The van der Waals surface area contributed by atoms with E-state index in [9.17, 15) is 14.4 Å². The van der Waals surface area contributed by atoms with Gasteiger partial charge in [-0.05, 0) is 13.8 Å². The van der Waals surface area contributed by atoms with Gasteiger partial charge in [-0.1, -0.05) is 0 Å². The molecule has 0 bridgehead atoms. The van der Waals surface area contributed by atoms with Gasteiger partial charge in [-0.15, -0.1) is 11.8 Å². The smallest absolute Gasteiger partial charge is 0.335 e. The summed E-state index contributed by atoms with van der Waals surface area (Å²) in [7, 11) is 0. The molecule has 0 aromatic rings. The Kier molecular flexibility index (Phi) is 6.92. The van der Waals surface area contributed by atoms with Gasteiger partial charge in [0, 0.05) is 5.75 Å². The number of hydrogen-bond donors (Lipinski definition) is 6. The number of thioether (sulfide) groups is 1. The van der Waals surface area contributed by atoms with E-state index in [1.54, 1.807) is 11.8 Å². The van der Waals surface area contributed by atoms with E-state index in [-0.39, 0.29) is 10.9 Å². The standard InChI is InChI=1S/C6H11NO2S.C4H6O6/c1-6(2)7-4(3-10-6)5(8)9;5-1(3(7)8)2(6)4(9)10/h4,7H,3H2,1-2H3,(H,8,9);1-2,5-6H,(H,7,8)(H,9,10)/t;1-,2-/m.1/s1. The lowest BCUT2D eigenvalue weighted by Crippen LogP contribution is -2.41. The molecule has 1 aliphatic rings. The van der Waals surface area contributed by atoms with E-state index in [4.69, 9.17) is 25.5 Å². The van der Waals surface area contributed by atoms with Crippen LogP contribution in [0.5, 0.6) is 0 Å². The van der Waals surface area contributed by atoms with Crippen LogP contribution in [-0.4, -0.2) is 72.3 Å². The minimum absolute atomic E-state index is 0.0664. The highest BCUT2D eigenvalue weighted by atomic mass is 32.2. The topological polar surface area (TPSA) is 164 Å². The third kappa shape index (κ3) is 6.19. The molecule has 1 heterocycles. The lowest BCUT2D eigenvalue weighted by atomic mass is 10.2. The zero-order chi connectivity index (χ0) is 16.1. The Bertz CT molecular complexity index is 367. The number of carboxylic acid groups (broad SMARTS) is 3. The molecule has 0 aromatic carbocycles. The lowest BCUT2D eigenvalue weighted by Gasteiger charge is -2.16. The van der Waals surface area contributed by atoms with E-state index in [2.05, 4.69) is 5.32 Å². The predicted octanol–water partition coefficient (Wildman–Crippen LogP) is -1.61. The number of hydrogen-bond acceptors (Lipinski definition) is 7. The molecule has 1 rings (SSSR count). The quantitative estimate of drug-likeness (QED) is 0.356. The molecule has 0 saturated carbocycles. The van der Waals surface area contributed by atoms with Crippen molar-refractivity contribution in [1.82, 2.24) is 5.32 Å². The van der Waals surface area contributed by atoms with Crippen molar-refractivity contribution in [2.75, 3.05) is 5.75 Å². The zero-order valence-electron chi connectivity index (χ0n) is 10.8. The van der Waals surface area contributed by atoms with Gasteiger partial charge in [0.1, 0.15) is 6.04 Å². The molecule has 0 radical (unpaired) electrons. The van der Waals surface area contributed by atoms with E-state index in [1.807, 2.05) is 13.8 Å². The molecule has 1 aliphatic heterocycles. The van der Waals surface area contributed by atoms with Gasteiger partial charge in [0.15, 0.2) is 12.2 Å². The van der Waals surface area contributed by atoms with Crippen molar-refractivity contribution in [3.05, 3.63) is 0 Å². The first-order valence-corrected chi connectivity index (χ1v) is 6.42. The average Bonchev–Trinajstić information content (AvgIpc) is 2.68. The highest BCUT2D eigenvalue weighted by Crippen LogP contribution is 2.28. The molecule has 116 valence electrons. The number of aliphatic hydroxyl groups is 2. The van der Waals surface area contributed by atoms with Gasteiger partial charge in [-0.3, -0.25) is 10.1 Å². The maximum absolute atomic E-state index is 10.4. The second-order valence-electron chi connectivity index (χ2n) is 4.42. The van der Waals surface area contributed by atoms with E-state index < -0.39 is 30.1 Å². The highest BCUT2D eigenvalue weighted by Gasteiger charge is 2.34. The third-order valence-electron chi connectivity index (χ3n) is 2.24. The molecule has 9 nitrogen and oxygen atoms in total. The van der Waals surface area contributed by atoms with E-state index in [0.717, 1.165) is 0 Å². The number of rotatable bonds is 4. The Hall–Kier alpha value is -1.36. The fraction of sp³-hybridized carbons (Fsp3) is 0.700. The van der Waals surface area contributed by atoms with Crippen molar-refractivity contribution in [2.24, 2.45) is 0 Å². The summed E-state index contributed by atoms with van der Waals surface area (Å²) < 4.78 is 0. The van der Waals surface area contributed by atoms with Crippen LogP contribution in [0.25, 0.3) is 0 Å². The Labute approximate surface area is 118 Å². The lowest BCUT2D eigenvalue weighted by molar-refractivity contribution is -0.165. The molecule has 0 amide bonds. The first-order valence-electron chi connectivity index (χ1n) is 5.44. The second-order valence-corrected chi connectivity index (χ2v) is 6.07. The van der Waals surface area contributed by atoms with Gasteiger partial charge in [0.05, 0.1) is 4.87 Å². The zero-order valence-corrected chi connectivity index (χ0v) is 11.6. The Morgan fingerprint density at radius 1 is 1.10 bits per heavy atom. The van der Waals surface area contributed by atoms with Crippen LogP contribution in [-0.2, 0) is 14.4 Å². The number of nitrogens with one attached hydrogen (secondary N) is 1. The summed E-state index contributed by atoms with van der Waals surface area (Å²) in [5, 5.41) is 44.1. The summed E-state index contributed by atoms with van der Waals surface area (Å²) >= 11 is 1.64. The maximum atomic E-state index is 10.4. The van der Waals surface area contributed by atoms with Crippen LogP contribution in [0.1, 0.15) is 13.8 Å². The van der Waals surface area contributed by atoms with Crippen molar-refractivity contribution in [3.63, 3.8) is 0 Å². The first kappa shape index (κ1) is 18.6. The molecule has 10 heteroatoms. The van der Waals surface area contributed by atoms with Crippen LogP contribution >= 0.6 is 11.8 Å². The van der Waals surface area contributed by atoms with Crippen molar-refractivity contribution in [3.8, 4) is 0 Å². The van der Waals surface area contributed by atoms with E-state index in [1.165, 1.54) is 0 Å². The highest BCUT2D eigenvalue weighted by molar-refractivity contribution is 8.00. The van der Waals surface area contributed by atoms with Crippen LogP contribution in [0.3, 0.4) is 0 Å². The number of aliphatic carboxylic acids is 3. The minimum atomic E-state index is -2.27. The molecule has 1 fully saturated rings. The van der Waals surface area contributed by atoms with Crippen molar-refractivity contribution in [1.29, 1.82) is 0 Å². The molecular weight excluding hydrogens is 294 g/mol. The summed E-state index contributed by atoms with van der Waals surface area (Å²) in [5.74, 6) is -3.62. The normalized spacial score (nSPS) is 23.1. The predicted molar refractivity (Wildman–Crippen MR) is 68.4 cm³/mol. The summed E-state index contributed by atoms with van der Waals surface area (Å²) in [5.41, 5.74) is 0. The summed E-state index contributed by atoms with van der Waals surface area (Å²) in [6.45, 7) is 3.97. The summed E-state index contributed by atoms with van der Waals surface area (Å²) in [6.07, 6.45) is -4.53. The molecule has 3 atom stereocenters.